The third kappa shape index (κ3) is 6.05. The molecule has 0 aromatic heterocycles. The fourth-order valence-electron chi connectivity index (χ4n) is 2.47. The van der Waals surface area contributed by atoms with Gasteiger partial charge < -0.3 is 10.6 Å². The highest BCUT2D eigenvalue weighted by Gasteiger charge is 2.03. The van der Waals surface area contributed by atoms with Gasteiger partial charge in [0, 0.05) is 18.8 Å². The number of anilines is 1. The van der Waals surface area contributed by atoms with Crippen LogP contribution >= 0.6 is 0 Å². The molecular weight excluding hydrogens is 298 g/mol. The monoisotopic (exact) mass is 325 g/mol. The Morgan fingerprint density at radius 3 is 2.17 bits per heavy atom. The summed E-state index contributed by atoms with van der Waals surface area (Å²) in [5, 5.41) is 6.05. The molecule has 2 N–H and O–H groups in total. The molecule has 24 heavy (non-hydrogen) atoms. The number of amides is 1. The maximum Gasteiger partial charge on any atom is 0.239 e. The van der Waals surface area contributed by atoms with E-state index in [1.165, 1.54) is 5.56 Å². The molecule has 1 amide bonds. The molecule has 0 atom stereocenters. The van der Waals surface area contributed by atoms with Crippen LogP contribution in [0.1, 0.15) is 25.0 Å². The van der Waals surface area contributed by atoms with Crippen LogP contribution in [0.3, 0.4) is 0 Å². The van der Waals surface area contributed by atoms with Gasteiger partial charge in [-0.3, -0.25) is 9.69 Å². The van der Waals surface area contributed by atoms with E-state index < -0.39 is 0 Å². The second-order valence-corrected chi connectivity index (χ2v) is 5.77. The normalized spacial score (nSPS) is 10.6. The summed E-state index contributed by atoms with van der Waals surface area (Å²) in [5.41, 5.74) is 3.37. The number of rotatable bonds is 9. The third-order valence-electron chi connectivity index (χ3n) is 4.04. The molecule has 0 saturated carbocycles. The molecule has 2 rings (SSSR count). The van der Waals surface area contributed by atoms with Crippen LogP contribution in [0.25, 0.3) is 0 Å². The van der Waals surface area contributed by atoms with Crippen LogP contribution in [0.4, 0.5) is 5.69 Å². The number of nitrogens with zero attached hydrogens (tertiary/aromatic N) is 1. The molecule has 2 aromatic carbocycles. The van der Waals surface area contributed by atoms with Crippen molar-refractivity contribution in [2.45, 2.75) is 26.9 Å². The maximum atomic E-state index is 11.9. The summed E-state index contributed by atoms with van der Waals surface area (Å²) >= 11 is 0. The van der Waals surface area contributed by atoms with Gasteiger partial charge in [0.15, 0.2) is 0 Å². The minimum atomic E-state index is -0.00827. The summed E-state index contributed by atoms with van der Waals surface area (Å²) in [7, 11) is 0. The largest absolute Gasteiger partial charge is 0.376 e. The molecule has 0 radical (unpaired) electrons. The molecule has 128 valence electrons. The fraction of sp³-hybridized carbons (Fsp3) is 0.350. The Hall–Kier alpha value is -2.33. The van der Waals surface area contributed by atoms with Crippen LogP contribution < -0.4 is 10.6 Å². The van der Waals surface area contributed by atoms with Gasteiger partial charge in [-0.25, -0.2) is 0 Å². The minimum Gasteiger partial charge on any atom is -0.376 e. The summed E-state index contributed by atoms with van der Waals surface area (Å²) in [5.74, 6) is -0.00827. The van der Waals surface area contributed by atoms with Crippen molar-refractivity contribution in [1.82, 2.24) is 10.2 Å². The number of carbonyl (C=O) groups is 1. The van der Waals surface area contributed by atoms with E-state index in [1.54, 1.807) is 0 Å². The van der Waals surface area contributed by atoms with Gasteiger partial charge in [-0.05, 0) is 36.3 Å². The zero-order valence-corrected chi connectivity index (χ0v) is 14.6. The van der Waals surface area contributed by atoms with Crippen LogP contribution in [0.2, 0.25) is 0 Å². The average Bonchev–Trinajstić information content (AvgIpc) is 2.64. The van der Waals surface area contributed by atoms with E-state index in [-0.39, 0.29) is 12.5 Å². The van der Waals surface area contributed by atoms with Crippen molar-refractivity contribution in [1.29, 1.82) is 0 Å². The van der Waals surface area contributed by atoms with Crippen molar-refractivity contribution in [2.75, 3.05) is 25.0 Å². The minimum absolute atomic E-state index is 0.00827. The Balaban J connectivity index is 1.74. The molecule has 0 aliphatic rings. The predicted octanol–water partition coefficient (Wildman–Crippen LogP) is 3.26. The van der Waals surface area contributed by atoms with Crippen LogP contribution in [0.15, 0.2) is 54.6 Å². The van der Waals surface area contributed by atoms with Gasteiger partial charge in [0.1, 0.15) is 0 Å². The van der Waals surface area contributed by atoms with Crippen molar-refractivity contribution in [3.05, 3.63) is 65.7 Å². The highest BCUT2D eigenvalue weighted by molar-refractivity contribution is 5.80. The first-order valence-electron chi connectivity index (χ1n) is 8.57. The van der Waals surface area contributed by atoms with Crippen molar-refractivity contribution < 1.29 is 4.79 Å². The summed E-state index contributed by atoms with van der Waals surface area (Å²) in [4.78, 5) is 14.3. The number of nitrogens with one attached hydrogen (secondary N) is 2. The molecule has 0 aliphatic carbocycles. The lowest BCUT2D eigenvalue weighted by Crippen LogP contribution is -2.29. The number of para-hydroxylation sites is 1. The number of hydrogen-bond donors (Lipinski definition) is 2. The van der Waals surface area contributed by atoms with Crippen LogP contribution in [0.5, 0.6) is 0 Å². The highest BCUT2D eigenvalue weighted by Crippen LogP contribution is 2.08. The zero-order chi connectivity index (χ0) is 17.2. The smallest absolute Gasteiger partial charge is 0.239 e. The lowest BCUT2D eigenvalue weighted by molar-refractivity contribution is -0.119. The van der Waals surface area contributed by atoms with Crippen molar-refractivity contribution in [2.24, 2.45) is 0 Å². The molecular formula is C20H27N3O. The second kappa shape index (κ2) is 9.73. The second-order valence-electron chi connectivity index (χ2n) is 5.77. The van der Waals surface area contributed by atoms with Crippen LogP contribution in [-0.4, -0.2) is 30.4 Å². The van der Waals surface area contributed by atoms with Crippen molar-refractivity contribution >= 4 is 11.6 Å². The Kier molecular flexibility index (Phi) is 7.30. The molecule has 0 heterocycles. The van der Waals surface area contributed by atoms with E-state index in [9.17, 15) is 4.79 Å². The number of carbonyl (C=O) groups excluding carboxylic acids is 1. The van der Waals surface area contributed by atoms with Crippen molar-refractivity contribution in [3.63, 3.8) is 0 Å². The SMILES string of the molecule is CCN(CC)Cc1ccc(CNC(=O)CNc2ccccc2)cc1. The van der Waals surface area contributed by atoms with Gasteiger partial charge in [0.05, 0.1) is 6.54 Å². The first kappa shape index (κ1) is 18.0. The van der Waals surface area contributed by atoms with Crippen LogP contribution in [-0.2, 0) is 17.9 Å². The molecule has 0 aliphatic heterocycles. The topological polar surface area (TPSA) is 44.4 Å². The first-order chi connectivity index (χ1) is 11.7. The Labute approximate surface area is 144 Å². The molecule has 0 saturated heterocycles. The van der Waals surface area contributed by atoms with E-state index in [2.05, 4.69) is 53.6 Å². The van der Waals surface area contributed by atoms with Gasteiger partial charge >= 0.3 is 0 Å². The van der Waals surface area contributed by atoms with Gasteiger partial charge in [-0.15, -0.1) is 0 Å². The van der Waals surface area contributed by atoms with Gasteiger partial charge in [-0.1, -0.05) is 56.3 Å². The summed E-state index contributed by atoms with van der Waals surface area (Å²) < 4.78 is 0. The molecule has 0 bridgehead atoms. The lowest BCUT2D eigenvalue weighted by Gasteiger charge is -2.18. The van der Waals surface area contributed by atoms with Crippen LogP contribution in [0, 0.1) is 0 Å². The molecule has 0 fully saturated rings. The average molecular weight is 325 g/mol. The molecule has 0 spiro atoms. The van der Waals surface area contributed by atoms with E-state index in [0.29, 0.717) is 6.54 Å². The molecule has 2 aromatic rings. The number of hydrogen-bond acceptors (Lipinski definition) is 3. The Bertz CT molecular complexity index is 607. The van der Waals surface area contributed by atoms with Crippen molar-refractivity contribution in [3.8, 4) is 0 Å². The predicted molar refractivity (Wildman–Crippen MR) is 99.8 cm³/mol. The first-order valence-corrected chi connectivity index (χ1v) is 8.57. The summed E-state index contributed by atoms with van der Waals surface area (Å²) in [6.45, 7) is 8.28. The maximum absolute atomic E-state index is 11.9. The quantitative estimate of drug-likeness (QED) is 0.744. The van der Waals surface area contributed by atoms with E-state index in [1.807, 2.05) is 30.3 Å². The third-order valence-corrected chi connectivity index (χ3v) is 4.04. The molecule has 0 unspecified atom stereocenters. The summed E-state index contributed by atoms with van der Waals surface area (Å²) in [6, 6.07) is 18.2. The lowest BCUT2D eigenvalue weighted by atomic mass is 10.1. The van der Waals surface area contributed by atoms with Gasteiger partial charge in [0.25, 0.3) is 0 Å². The Morgan fingerprint density at radius 1 is 0.917 bits per heavy atom. The number of benzene rings is 2. The van der Waals surface area contributed by atoms with E-state index >= 15 is 0 Å². The molecule has 4 nitrogen and oxygen atoms in total. The highest BCUT2D eigenvalue weighted by atomic mass is 16.1. The fourth-order valence-corrected chi connectivity index (χ4v) is 2.47. The molecule has 4 heteroatoms. The van der Waals surface area contributed by atoms with Gasteiger partial charge in [-0.2, -0.15) is 0 Å². The zero-order valence-electron chi connectivity index (χ0n) is 14.6. The standard InChI is InChI=1S/C20H27N3O/c1-3-23(4-2)16-18-12-10-17(11-13-18)14-22-20(24)15-21-19-8-6-5-7-9-19/h5-13,21H,3-4,14-16H2,1-2H3,(H,22,24). The summed E-state index contributed by atoms with van der Waals surface area (Å²) in [6.07, 6.45) is 0. The van der Waals surface area contributed by atoms with E-state index in [4.69, 9.17) is 0 Å². The van der Waals surface area contributed by atoms with Gasteiger partial charge in [0.2, 0.25) is 5.91 Å². The van der Waals surface area contributed by atoms with E-state index in [0.717, 1.165) is 30.9 Å². The Morgan fingerprint density at radius 2 is 1.54 bits per heavy atom.